The van der Waals surface area contributed by atoms with E-state index in [0.29, 0.717) is 10.6 Å². The van der Waals surface area contributed by atoms with E-state index in [1.807, 2.05) is 0 Å². The molecule has 0 saturated carbocycles. The standard InChI is InChI=1S/C22H18F6N4O3/c1-11-15(19(33)30-13-9-5-6-10-14(13)35-22(26,27)28)20(34)32-18(29-11)16(12-7-3-2-4-8-12)17(31-32)21(23,24)25/h2-10,16-18,29,31H,1H3,(H,30,33). The minimum atomic E-state index is -5.04. The second-order valence-corrected chi connectivity index (χ2v) is 7.85. The van der Waals surface area contributed by atoms with Crippen LogP contribution in [0.3, 0.4) is 0 Å². The number of nitrogens with zero attached hydrogens (tertiary/aromatic N) is 1. The lowest BCUT2D eigenvalue weighted by atomic mass is 9.89. The number of amides is 2. The van der Waals surface area contributed by atoms with Gasteiger partial charge in [-0.05, 0) is 24.6 Å². The smallest absolute Gasteiger partial charge is 0.404 e. The van der Waals surface area contributed by atoms with Gasteiger partial charge >= 0.3 is 12.5 Å². The quantitative estimate of drug-likeness (QED) is 0.440. The first-order valence-electron chi connectivity index (χ1n) is 10.2. The summed E-state index contributed by atoms with van der Waals surface area (Å²) >= 11 is 0. The zero-order valence-electron chi connectivity index (χ0n) is 17.9. The van der Waals surface area contributed by atoms with Crippen molar-refractivity contribution in [3.05, 3.63) is 71.4 Å². The van der Waals surface area contributed by atoms with Gasteiger partial charge in [0.15, 0.2) is 5.75 Å². The second kappa shape index (κ2) is 8.80. The highest BCUT2D eigenvalue weighted by Gasteiger charge is 2.58. The van der Waals surface area contributed by atoms with Crippen molar-refractivity contribution in [3.63, 3.8) is 0 Å². The van der Waals surface area contributed by atoms with Gasteiger partial charge in [0.05, 0.1) is 11.6 Å². The minimum Gasteiger partial charge on any atom is -0.404 e. The Hall–Kier alpha value is -3.74. The maximum Gasteiger partial charge on any atom is 0.573 e. The van der Waals surface area contributed by atoms with Crippen LogP contribution in [0.15, 0.2) is 65.9 Å². The number of halogens is 6. The molecule has 4 rings (SSSR count). The minimum absolute atomic E-state index is 0.0338. The maximum absolute atomic E-state index is 13.9. The number of hydrogen-bond acceptors (Lipinski definition) is 5. The summed E-state index contributed by atoms with van der Waals surface area (Å²) in [7, 11) is 0. The number of hydrogen-bond donors (Lipinski definition) is 3. The number of alkyl halides is 6. The molecular formula is C22H18F6N4O3. The molecule has 2 heterocycles. The van der Waals surface area contributed by atoms with E-state index in [1.54, 1.807) is 18.2 Å². The number of ether oxygens (including phenoxy) is 1. The van der Waals surface area contributed by atoms with Crippen LogP contribution in [0.1, 0.15) is 18.4 Å². The Kier molecular flexibility index (Phi) is 6.13. The van der Waals surface area contributed by atoms with Crippen molar-refractivity contribution in [2.45, 2.75) is 37.6 Å². The lowest BCUT2D eigenvalue weighted by Gasteiger charge is -2.34. The summed E-state index contributed by atoms with van der Waals surface area (Å²) in [4.78, 5) is 26.0. The fourth-order valence-electron chi connectivity index (χ4n) is 4.13. The van der Waals surface area contributed by atoms with Crippen molar-refractivity contribution in [1.82, 2.24) is 15.8 Å². The Morgan fingerprint density at radius 3 is 2.26 bits per heavy atom. The molecule has 186 valence electrons. The fraction of sp³-hybridized carbons (Fsp3) is 0.273. The van der Waals surface area contributed by atoms with Crippen molar-refractivity contribution >= 4 is 17.5 Å². The highest BCUT2D eigenvalue weighted by molar-refractivity contribution is 6.23. The summed E-state index contributed by atoms with van der Waals surface area (Å²) in [5, 5.41) is 5.64. The third-order valence-electron chi connectivity index (χ3n) is 5.55. The Balaban J connectivity index is 1.64. The molecule has 2 aromatic rings. The average molecular weight is 500 g/mol. The molecule has 0 radical (unpaired) electrons. The van der Waals surface area contributed by atoms with Crippen molar-refractivity contribution in [2.75, 3.05) is 5.32 Å². The zero-order valence-corrected chi connectivity index (χ0v) is 17.9. The summed E-state index contributed by atoms with van der Waals surface area (Å²) in [6, 6.07) is 10.3. The number of nitrogens with one attached hydrogen (secondary N) is 3. The second-order valence-electron chi connectivity index (χ2n) is 7.85. The van der Waals surface area contributed by atoms with Gasteiger partial charge in [0.25, 0.3) is 11.8 Å². The van der Waals surface area contributed by atoms with Crippen LogP contribution in [-0.2, 0) is 9.59 Å². The SMILES string of the molecule is CC1=C(C(=O)Nc2ccccc2OC(F)(F)F)C(=O)N2NC(C(F)(F)F)C(c3ccccc3)C2N1. The number of carbonyl (C=O) groups excluding carboxylic acids is 2. The van der Waals surface area contributed by atoms with E-state index >= 15 is 0 Å². The van der Waals surface area contributed by atoms with E-state index < -0.39 is 53.8 Å². The van der Waals surface area contributed by atoms with Crippen molar-refractivity contribution in [3.8, 4) is 5.75 Å². The number of hydrazine groups is 1. The number of allylic oxidation sites excluding steroid dienone is 1. The molecule has 3 unspecified atom stereocenters. The van der Waals surface area contributed by atoms with E-state index in [0.717, 1.165) is 12.1 Å². The molecule has 13 heteroatoms. The van der Waals surface area contributed by atoms with Gasteiger partial charge in [0.1, 0.15) is 17.8 Å². The topological polar surface area (TPSA) is 82.7 Å². The zero-order chi connectivity index (χ0) is 25.5. The molecule has 7 nitrogen and oxygen atoms in total. The molecule has 0 bridgehead atoms. The molecule has 2 aromatic carbocycles. The van der Waals surface area contributed by atoms with Crippen molar-refractivity contribution in [1.29, 1.82) is 0 Å². The molecule has 2 aliphatic heterocycles. The normalized spacial score (nSPS) is 22.5. The van der Waals surface area contributed by atoms with Gasteiger partial charge in [-0.2, -0.15) is 13.2 Å². The molecule has 3 atom stereocenters. The van der Waals surface area contributed by atoms with E-state index in [9.17, 15) is 35.9 Å². The Bertz CT molecular complexity index is 1170. The molecule has 3 N–H and O–H groups in total. The van der Waals surface area contributed by atoms with Gasteiger partial charge in [-0.3, -0.25) is 9.59 Å². The maximum atomic E-state index is 13.9. The molecular weight excluding hydrogens is 482 g/mol. The number of para-hydroxylation sites is 2. The predicted molar refractivity (Wildman–Crippen MR) is 110 cm³/mol. The molecule has 0 aromatic heterocycles. The van der Waals surface area contributed by atoms with Gasteiger partial charge in [-0.1, -0.05) is 42.5 Å². The monoisotopic (exact) mass is 500 g/mol. The van der Waals surface area contributed by atoms with E-state index in [1.165, 1.54) is 31.2 Å². The molecule has 2 amide bonds. The molecule has 1 fully saturated rings. The molecule has 0 aliphatic carbocycles. The first kappa shape index (κ1) is 24.4. The highest BCUT2D eigenvalue weighted by Crippen LogP contribution is 2.41. The first-order valence-corrected chi connectivity index (χ1v) is 10.2. The lowest BCUT2D eigenvalue weighted by Crippen LogP contribution is -2.56. The number of anilines is 1. The summed E-state index contributed by atoms with van der Waals surface area (Å²) in [6.07, 6.45) is -10.9. The fourth-order valence-corrected chi connectivity index (χ4v) is 4.13. The third-order valence-corrected chi connectivity index (χ3v) is 5.55. The largest absolute Gasteiger partial charge is 0.573 e. The molecule has 2 aliphatic rings. The van der Waals surface area contributed by atoms with E-state index in [2.05, 4.69) is 20.8 Å². The van der Waals surface area contributed by atoms with Crippen LogP contribution >= 0.6 is 0 Å². The van der Waals surface area contributed by atoms with E-state index in [-0.39, 0.29) is 11.4 Å². The Labute approximate surface area is 194 Å². The Morgan fingerprint density at radius 1 is 1.00 bits per heavy atom. The first-order chi connectivity index (χ1) is 16.4. The number of rotatable bonds is 4. The van der Waals surface area contributed by atoms with E-state index in [4.69, 9.17) is 0 Å². The lowest BCUT2D eigenvalue weighted by molar-refractivity contribution is -0.274. The number of fused-ring (bicyclic) bond motifs is 1. The number of benzene rings is 2. The number of carbonyl (C=O) groups is 2. The van der Waals surface area contributed by atoms with Gasteiger partial charge < -0.3 is 15.4 Å². The third kappa shape index (κ3) is 4.90. The molecule has 35 heavy (non-hydrogen) atoms. The van der Waals surface area contributed by atoms with Crippen LogP contribution < -0.4 is 20.8 Å². The van der Waals surface area contributed by atoms with Gasteiger partial charge in [-0.15, -0.1) is 13.2 Å². The van der Waals surface area contributed by atoms with Crippen LogP contribution in [-0.4, -0.2) is 41.6 Å². The van der Waals surface area contributed by atoms with Crippen molar-refractivity contribution in [2.24, 2.45) is 0 Å². The Morgan fingerprint density at radius 2 is 1.63 bits per heavy atom. The highest BCUT2D eigenvalue weighted by atomic mass is 19.4. The van der Waals surface area contributed by atoms with Crippen LogP contribution in [0.2, 0.25) is 0 Å². The van der Waals surface area contributed by atoms with Crippen molar-refractivity contribution < 1.29 is 40.7 Å². The van der Waals surface area contributed by atoms with Gasteiger partial charge in [-0.25, -0.2) is 10.4 Å². The van der Waals surface area contributed by atoms with Gasteiger partial charge in [0.2, 0.25) is 0 Å². The molecule has 0 spiro atoms. The average Bonchev–Trinajstić information content (AvgIpc) is 3.15. The predicted octanol–water partition coefficient (Wildman–Crippen LogP) is 3.79. The van der Waals surface area contributed by atoms with Crippen LogP contribution in [0, 0.1) is 0 Å². The van der Waals surface area contributed by atoms with Crippen LogP contribution in [0.5, 0.6) is 5.75 Å². The summed E-state index contributed by atoms with van der Waals surface area (Å²) in [5.74, 6) is -4.14. The van der Waals surface area contributed by atoms with Crippen LogP contribution in [0.25, 0.3) is 0 Å². The summed E-state index contributed by atoms with van der Waals surface area (Å²) in [5.41, 5.74) is 1.49. The molecule has 1 saturated heterocycles. The summed E-state index contributed by atoms with van der Waals surface area (Å²) in [6.45, 7) is 1.32. The van der Waals surface area contributed by atoms with Crippen LogP contribution in [0.4, 0.5) is 32.0 Å². The van der Waals surface area contributed by atoms with Gasteiger partial charge in [0, 0.05) is 5.70 Å². The summed E-state index contributed by atoms with van der Waals surface area (Å²) < 4.78 is 83.5.